The summed E-state index contributed by atoms with van der Waals surface area (Å²) in [5.74, 6) is -0.454. The molecule has 1 atom stereocenters. The van der Waals surface area contributed by atoms with Gasteiger partial charge in [-0.1, -0.05) is 36.8 Å². The number of nitrogens with zero attached hydrogens (tertiary/aromatic N) is 1. The van der Waals surface area contributed by atoms with Crippen molar-refractivity contribution in [3.05, 3.63) is 35.4 Å². The number of rotatable bonds is 3. The van der Waals surface area contributed by atoms with E-state index in [2.05, 4.69) is 0 Å². The third-order valence-corrected chi connectivity index (χ3v) is 4.51. The molecule has 23 heavy (non-hydrogen) atoms. The Balaban J connectivity index is 1.93. The molecule has 1 aromatic rings. The third-order valence-electron chi connectivity index (χ3n) is 4.51. The molecule has 0 saturated carbocycles. The molecule has 2 rings (SSSR count). The molecule has 0 bridgehead atoms. The lowest BCUT2D eigenvalue weighted by Crippen LogP contribution is -2.55. The van der Waals surface area contributed by atoms with E-state index in [1.165, 1.54) is 4.90 Å². The number of amides is 1. The van der Waals surface area contributed by atoms with Crippen LogP contribution >= 0.6 is 0 Å². The molecule has 1 aromatic carbocycles. The Morgan fingerprint density at radius 1 is 1.26 bits per heavy atom. The zero-order chi connectivity index (χ0) is 17.3. The van der Waals surface area contributed by atoms with Gasteiger partial charge in [0.2, 0.25) is 5.91 Å². The summed E-state index contributed by atoms with van der Waals surface area (Å²) in [7, 11) is 0. The smallest absolute Gasteiger partial charge is 0.380 e. The lowest BCUT2D eigenvalue weighted by Gasteiger charge is -2.39. The summed E-state index contributed by atoms with van der Waals surface area (Å²) in [6, 6.07) is 7.85. The number of alkyl halides is 3. The summed E-state index contributed by atoms with van der Waals surface area (Å²) < 4.78 is 38.3. The normalized spacial score (nSPS) is 19.5. The van der Waals surface area contributed by atoms with E-state index in [4.69, 9.17) is 0 Å². The molecule has 1 fully saturated rings. The van der Waals surface area contributed by atoms with Crippen LogP contribution in [0.1, 0.15) is 30.9 Å². The molecule has 1 saturated heterocycles. The monoisotopic (exact) mass is 329 g/mol. The lowest BCUT2D eigenvalue weighted by molar-refractivity contribution is -0.272. The Labute approximate surface area is 134 Å². The van der Waals surface area contributed by atoms with Gasteiger partial charge in [0.25, 0.3) is 0 Å². The highest BCUT2D eigenvalue weighted by atomic mass is 19.4. The number of aryl methyl sites for hydroxylation is 1. The second-order valence-corrected chi connectivity index (χ2v) is 6.45. The van der Waals surface area contributed by atoms with Crippen molar-refractivity contribution in [1.82, 2.24) is 4.90 Å². The van der Waals surface area contributed by atoms with Crippen LogP contribution in [0.25, 0.3) is 0 Å². The quantitative estimate of drug-likeness (QED) is 0.926. The van der Waals surface area contributed by atoms with Crippen LogP contribution in [0, 0.1) is 12.8 Å². The number of carbonyl (C=O) groups excluding carboxylic acids is 1. The first-order chi connectivity index (χ1) is 10.6. The van der Waals surface area contributed by atoms with Crippen LogP contribution in [0.2, 0.25) is 0 Å². The number of halogens is 3. The lowest BCUT2D eigenvalue weighted by atomic mass is 9.89. The van der Waals surface area contributed by atoms with Crippen molar-refractivity contribution in [1.29, 1.82) is 0 Å². The summed E-state index contributed by atoms with van der Waals surface area (Å²) >= 11 is 0. The molecule has 6 heteroatoms. The fourth-order valence-corrected chi connectivity index (χ4v) is 2.86. The van der Waals surface area contributed by atoms with Crippen LogP contribution in [0.5, 0.6) is 0 Å². The predicted molar refractivity (Wildman–Crippen MR) is 80.9 cm³/mol. The van der Waals surface area contributed by atoms with E-state index in [1.807, 2.05) is 31.2 Å². The predicted octanol–water partition coefficient (Wildman–Crippen LogP) is 3.09. The molecule has 1 N–H and O–H groups in total. The van der Waals surface area contributed by atoms with Gasteiger partial charge in [0.05, 0.1) is 0 Å². The molecule has 0 radical (unpaired) electrons. The van der Waals surface area contributed by atoms with E-state index in [-0.39, 0.29) is 24.9 Å². The molecule has 0 aliphatic carbocycles. The van der Waals surface area contributed by atoms with E-state index < -0.39 is 24.6 Å². The average Bonchev–Trinajstić information content (AvgIpc) is 2.48. The molecule has 3 nitrogen and oxygen atoms in total. The molecule has 1 heterocycles. The molecule has 0 aromatic heterocycles. The Morgan fingerprint density at radius 3 is 2.26 bits per heavy atom. The van der Waals surface area contributed by atoms with E-state index >= 15 is 0 Å². The summed E-state index contributed by atoms with van der Waals surface area (Å²) in [5.41, 5.74) is -0.500. The van der Waals surface area contributed by atoms with Gasteiger partial charge < -0.3 is 10.0 Å². The molecule has 128 valence electrons. The zero-order valence-electron chi connectivity index (χ0n) is 13.4. The van der Waals surface area contributed by atoms with E-state index in [9.17, 15) is 23.1 Å². The Morgan fingerprint density at radius 2 is 1.78 bits per heavy atom. The maximum atomic E-state index is 12.8. The number of aliphatic hydroxyl groups is 1. The van der Waals surface area contributed by atoms with Crippen molar-refractivity contribution in [2.24, 2.45) is 5.92 Å². The van der Waals surface area contributed by atoms with Gasteiger partial charge in [-0.05, 0) is 18.9 Å². The fraction of sp³-hybridized carbons (Fsp3) is 0.588. The molecule has 1 unspecified atom stereocenters. The molecule has 0 spiro atoms. The number of benzene rings is 1. The van der Waals surface area contributed by atoms with E-state index in [1.54, 1.807) is 6.92 Å². The first-order valence-electron chi connectivity index (χ1n) is 7.76. The second-order valence-electron chi connectivity index (χ2n) is 6.45. The van der Waals surface area contributed by atoms with Gasteiger partial charge in [-0.15, -0.1) is 0 Å². The minimum absolute atomic E-state index is 0.0624. The van der Waals surface area contributed by atoms with Crippen LogP contribution in [-0.2, 0) is 11.2 Å². The Bertz CT molecular complexity index is 546. The molecular weight excluding hydrogens is 307 g/mol. The highest BCUT2D eigenvalue weighted by molar-refractivity contribution is 5.79. The van der Waals surface area contributed by atoms with Crippen molar-refractivity contribution in [2.75, 3.05) is 13.1 Å². The maximum Gasteiger partial charge on any atom is 0.417 e. The third kappa shape index (κ3) is 4.05. The summed E-state index contributed by atoms with van der Waals surface area (Å²) in [5, 5.41) is 9.64. The first-order valence-corrected chi connectivity index (χ1v) is 7.76. The number of hydrogen-bond acceptors (Lipinski definition) is 2. The van der Waals surface area contributed by atoms with Crippen LogP contribution in [0.4, 0.5) is 13.2 Å². The van der Waals surface area contributed by atoms with Gasteiger partial charge in [0.15, 0.2) is 5.60 Å². The van der Waals surface area contributed by atoms with Gasteiger partial charge in [0.1, 0.15) is 0 Å². The largest absolute Gasteiger partial charge is 0.417 e. The van der Waals surface area contributed by atoms with Gasteiger partial charge >= 0.3 is 6.18 Å². The first kappa shape index (κ1) is 17.8. The Hall–Kier alpha value is -1.56. The topological polar surface area (TPSA) is 40.5 Å². The molecular formula is C17H22F3NO2. The van der Waals surface area contributed by atoms with Crippen LogP contribution < -0.4 is 0 Å². The highest BCUT2D eigenvalue weighted by Gasteiger charge is 2.54. The number of likely N-dealkylation sites (tertiary alicyclic amines) is 1. The van der Waals surface area contributed by atoms with Gasteiger partial charge in [-0.25, -0.2) is 0 Å². The van der Waals surface area contributed by atoms with Crippen LogP contribution in [0.15, 0.2) is 24.3 Å². The van der Waals surface area contributed by atoms with Crippen LogP contribution in [0.3, 0.4) is 0 Å². The van der Waals surface area contributed by atoms with Crippen molar-refractivity contribution in [3.8, 4) is 0 Å². The standard InChI is InChI=1S/C17H22F3NO2/c1-12-3-5-14(6-4-12)11-13(2)15(22)21-9-7-16(23,8-10-21)17(18,19)20/h3-6,13,23H,7-11H2,1-2H3. The summed E-state index contributed by atoms with van der Waals surface area (Å²) in [6.45, 7) is 3.64. The zero-order valence-corrected chi connectivity index (χ0v) is 13.4. The number of hydrogen-bond donors (Lipinski definition) is 1. The highest BCUT2D eigenvalue weighted by Crippen LogP contribution is 2.38. The molecule has 1 amide bonds. The second kappa shape index (κ2) is 6.51. The van der Waals surface area contributed by atoms with E-state index in [0.29, 0.717) is 6.42 Å². The average molecular weight is 329 g/mol. The van der Waals surface area contributed by atoms with Gasteiger partial charge in [0, 0.05) is 31.8 Å². The number of piperidine rings is 1. The number of carbonyl (C=O) groups is 1. The van der Waals surface area contributed by atoms with Gasteiger partial charge in [-0.3, -0.25) is 4.79 Å². The van der Waals surface area contributed by atoms with Gasteiger partial charge in [-0.2, -0.15) is 13.2 Å². The van der Waals surface area contributed by atoms with E-state index in [0.717, 1.165) is 11.1 Å². The van der Waals surface area contributed by atoms with Crippen LogP contribution in [-0.4, -0.2) is 40.8 Å². The van der Waals surface area contributed by atoms with Crippen molar-refractivity contribution in [3.63, 3.8) is 0 Å². The minimum atomic E-state index is -4.64. The van der Waals surface area contributed by atoms with Crippen molar-refractivity contribution < 1.29 is 23.1 Å². The Kier molecular flexibility index (Phi) is 5.04. The van der Waals surface area contributed by atoms with Crippen molar-refractivity contribution in [2.45, 2.75) is 44.9 Å². The molecule has 1 aliphatic rings. The van der Waals surface area contributed by atoms with Crippen molar-refractivity contribution >= 4 is 5.91 Å². The maximum absolute atomic E-state index is 12.8. The summed E-state index contributed by atoms with van der Waals surface area (Å²) in [4.78, 5) is 13.8. The fourth-order valence-electron chi connectivity index (χ4n) is 2.86. The SMILES string of the molecule is Cc1ccc(CC(C)C(=O)N2CCC(O)(C(F)(F)F)CC2)cc1. The summed E-state index contributed by atoms with van der Waals surface area (Å²) in [6.07, 6.45) is -5.01. The minimum Gasteiger partial charge on any atom is -0.380 e. The molecule has 1 aliphatic heterocycles.